The number of methoxy groups -OCH3 is 1. The normalized spacial score (nSPS) is 11.1. The van der Waals surface area contributed by atoms with Gasteiger partial charge in [0.1, 0.15) is 18.7 Å². The molecule has 0 aromatic heterocycles. The average molecular weight is 352 g/mol. The summed E-state index contributed by atoms with van der Waals surface area (Å²) in [6, 6.07) is 10.9. The smallest absolute Gasteiger partial charge is 0.310 e. The predicted octanol–water partition coefficient (Wildman–Crippen LogP) is 3.58. The third kappa shape index (κ3) is 4.45. The lowest BCUT2D eigenvalue weighted by Gasteiger charge is -2.12. The maximum Gasteiger partial charge on any atom is 0.310 e. The summed E-state index contributed by atoms with van der Waals surface area (Å²) >= 11 is 5.75. The van der Waals surface area contributed by atoms with Crippen LogP contribution in [0.2, 0.25) is 5.02 Å². The molecule has 0 amide bonds. The molecule has 2 aromatic carbocycles. The largest absolute Gasteiger partial charge is 0.469 e. The Morgan fingerprint density at radius 3 is 2.62 bits per heavy atom. The van der Waals surface area contributed by atoms with Gasteiger partial charge in [-0.2, -0.15) is 0 Å². The minimum Gasteiger partial charge on any atom is -0.469 e. The van der Waals surface area contributed by atoms with E-state index in [-0.39, 0.29) is 23.1 Å². The second-order valence-electron chi connectivity index (χ2n) is 4.67. The molecule has 0 aliphatic carbocycles. The second-order valence-corrected chi connectivity index (χ2v) is 5.07. The van der Waals surface area contributed by atoms with Crippen LogP contribution in [-0.4, -0.2) is 26.1 Å². The van der Waals surface area contributed by atoms with Gasteiger partial charge in [-0.1, -0.05) is 29.8 Å². The topological polar surface area (TPSA) is 57.1 Å². The van der Waals surface area contributed by atoms with E-state index < -0.39 is 11.8 Å². The van der Waals surface area contributed by atoms with E-state index >= 15 is 0 Å². The van der Waals surface area contributed by atoms with Crippen molar-refractivity contribution in [2.75, 3.05) is 14.2 Å². The lowest BCUT2D eigenvalue weighted by molar-refractivity contribution is -0.139. The van der Waals surface area contributed by atoms with Crippen LogP contribution < -0.4 is 4.74 Å². The Morgan fingerprint density at radius 2 is 1.96 bits per heavy atom. The fourth-order valence-electron chi connectivity index (χ4n) is 1.97. The molecule has 0 radical (unpaired) electrons. The molecule has 0 saturated carbocycles. The van der Waals surface area contributed by atoms with Gasteiger partial charge in [-0.25, -0.2) is 4.39 Å². The SMILES string of the molecule is CO/N=C(\Oc1ccc(F)c(Cl)c1)c1ccccc1CC(=O)OC. The van der Waals surface area contributed by atoms with Crippen LogP contribution in [0.1, 0.15) is 11.1 Å². The first-order valence-corrected chi connectivity index (χ1v) is 7.32. The van der Waals surface area contributed by atoms with E-state index in [9.17, 15) is 9.18 Å². The monoisotopic (exact) mass is 351 g/mol. The first-order valence-electron chi connectivity index (χ1n) is 6.94. The third-order valence-corrected chi connectivity index (χ3v) is 3.38. The first-order chi connectivity index (χ1) is 11.5. The summed E-state index contributed by atoms with van der Waals surface area (Å²) in [6.45, 7) is 0. The van der Waals surface area contributed by atoms with Crippen LogP contribution in [0.25, 0.3) is 0 Å². The van der Waals surface area contributed by atoms with Gasteiger partial charge in [-0.15, -0.1) is 0 Å². The van der Waals surface area contributed by atoms with Crippen LogP contribution in [0, 0.1) is 5.82 Å². The molecule has 0 heterocycles. The van der Waals surface area contributed by atoms with E-state index in [1.165, 1.54) is 32.4 Å². The number of hydrogen-bond acceptors (Lipinski definition) is 5. The van der Waals surface area contributed by atoms with E-state index in [0.29, 0.717) is 11.1 Å². The molecule has 5 nitrogen and oxygen atoms in total. The Balaban J connectivity index is 2.36. The summed E-state index contributed by atoms with van der Waals surface area (Å²) in [6.07, 6.45) is 0.0446. The van der Waals surface area contributed by atoms with Crippen LogP contribution in [-0.2, 0) is 20.8 Å². The lowest BCUT2D eigenvalue weighted by Crippen LogP contribution is -2.16. The molecule has 0 saturated heterocycles. The zero-order valence-electron chi connectivity index (χ0n) is 13.1. The summed E-state index contributed by atoms with van der Waals surface area (Å²) in [4.78, 5) is 16.4. The Morgan fingerprint density at radius 1 is 1.21 bits per heavy atom. The van der Waals surface area contributed by atoms with Crippen molar-refractivity contribution in [2.45, 2.75) is 6.42 Å². The number of carbonyl (C=O) groups excluding carboxylic acids is 1. The van der Waals surface area contributed by atoms with Crippen molar-refractivity contribution >= 4 is 23.5 Å². The second kappa shape index (κ2) is 8.31. The highest BCUT2D eigenvalue weighted by atomic mass is 35.5. The summed E-state index contributed by atoms with van der Waals surface area (Å²) in [5, 5.41) is 3.76. The van der Waals surface area contributed by atoms with E-state index in [1.807, 2.05) is 0 Å². The maximum atomic E-state index is 13.3. The zero-order chi connectivity index (χ0) is 17.5. The van der Waals surface area contributed by atoms with Crippen molar-refractivity contribution in [1.82, 2.24) is 0 Å². The van der Waals surface area contributed by atoms with Crippen LogP contribution in [0.5, 0.6) is 5.75 Å². The Labute approximate surface area is 143 Å². The quantitative estimate of drug-likeness (QED) is 0.357. The minimum absolute atomic E-state index is 0.0446. The number of halogens is 2. The summed E-state index contributed by atoms with van der Waals surface area (Å²) in [7, 11) is 2.68. The van der Waals surface area contributed by atoms with Gasteiger partial charge in [-0.3, -0.25) is 4.79 Å². The first kappa shape index (κ1) is 17.7. The summed E-state index contributed by atoms with van der Waals surface area (Å²) < 4.78 is 23.6. The fraction of sp³-hybridized carbons (Fsp3) is 0.176. The van der Waals surface area contributed by atoms with Crippen LogP contribution in [0.3, 0.4) is 0 Å². The number of rotatable bonds is 5. The molecule has 2 aromatic rings. The molecule has 126 valence electrons. The summed E-state index contributed by atoms with van der Waals surface area (Å²) in [5.74, 6) is -0.561. The number of ether oxygens (including phenoxy) is 2. The minimum atomic E-state index is -0.555. The highest BCUT2D eigenvalue weighted by Gasteiger charge is 2.16. The van der Waals surface area contributed by atoms with E-state index in [1.54, 1.807) is 24.3 Å². The molecular weight excluding hydrogens is 337 g/mol. The Kier molecular flexibility index (Phi) is 6.14. The molecule has 0 unspecified atom stereocenters. The third-order valence-electron chi connectivity index (χ3n) is 3.09. The highest BCUT2D eigenvalue weighted by Crippen LogP contribution is 2.23. The Hall–Kier alpha value is -2.60. The van der Waals surface area contributed by atoms with Crippen LogP contribution in [0.15, 0.2) is 47.6 Å². The molecule has 7 heteroatoms. The molecule has 0 fully saturated rings. The summed E-state index contributed by atoms with van der Waals surface area (Å²) in [5.41, 5.74) is 1.19. The molecule has 0 atom stereocenters. The molecular formula is C17H15ClFNO4. The van der Waals surface area contributed by atoms with Crippen LogP contribution in [0.4, 0.5) is 4.39 Å². The van der Waals surface area contributed by atoms with Gasteiger partial charge in [-0.05, 0) is 28.9 Å². The number of esters is 1. The molecule has 24 heavy (non-hydrogen) atoms. The lowest BCUT2D eigenvalue weighted by atomic mass is 10.0. The number of nitrogens with zero attached hydrogens (tertiary/aromatic N) is 1. The standard InChI is InChI=1S/C17H15ClFNO4/c1-22-16(21)9-11-5-3-4-6-13(11)17(20-23-2)24-12-7-8-15(19)14(18)10-12/h3-8,10H,9H2,1-2H3/b20-17-. The number of hydrogen-bond donors (Lipinski definition) is 0. The molecule has 0 N–H and O–H groups in total. The van der Waals surface area contributed by atoms with E-state index in [2.05, 4.69) is 9.89 Å². The van der Waals surface area contributed by atoms with Crippen molar-refractivity contribution in [3.05, 3.63) is 64.4 Å². The molecule has 0 spiro atoms. The van der Waals surface area contributed by atoms with Crippen molar-refractivity contribution < 1.29 is 23.5 Å². The van der Waals surface area contributed by atoms with Gasteiger partial charge in [0.25, 0.3) is 5.90 Å². The number of benzene rings is 2. The number of oxime groups is 1. The van der Waals surface area contributed by atoms with Gasteiger partial charge in [0.15, 0.2) is 0 Å². The van der Waals surface area contributed by atoms with Gasteiger partial charge < -0.3 is 14.3 Å². The van der Waals surface area contributed by atoms with Gasteiger partial charge in [0.2, 0.25) is 0 Å². The molecule has 0 aliphatic heterocycles. The molecule has 2 rings (SSSR count). The maximum absolute atomic E-state index is 13.3. The highest BCUT2D eigenvalue weighted by molar-refractivity contribution is 6.30. The van der Waals surface area contributed by atoms with Crippen LogP contribution >= 0.6 is 11.6 Å². The molecule has 0 aliphatic rings. The van der Waals surface area contributed by atoms with Gasteiger partial charge >= 0.3 is 5.97 Å². The average Bonchev–Trinajstić information content (AvgIpc) is 2.58. The van der Waals surface area contributed by atoms with Crippen molar-refractivity contribution in [3.8, 4) is 5.75 Å². The van der Waals surface area contributed by atoms with E-state index in [4.69, 9.17) is 21.2 Å². The van der Waals surface area contributed by atoms with Crippen molar-refractivity contribution in [1.29, 1.82) is 0 Å². The van der Waals surface area contributed by atoms with Crippen molar-refractivity contribution in [2.24, 2.45) is 5.16 Å². The predicted molar refractivity (Wildman–Crippen MR) is 87.7 cm³/mol. The fourth-order valence-corrected chi connectivity index (χ4v) is 2.14. The molecule has 0 bridgehead atoms. The van der Waals surface area contributed by atoms with Crippen molar-refractivity contribution in [3.63, 3.8) is 0 Å². The zero-order valence-corrected chi connectivity index (χ0v) is 13.8. The van der Waals surface area contributed by atoms with Gasteiger partial charge in [0.05, 0.1) is 18.6 Å². The Bertz CT molecular complexity index is 764. The van der Waals surface area contributed by atoms with E-state index in [0.717, 1.165) is 0 Å². The number of carbonyl (C=O) groups is 1. The van der Waals surface area contributed by atoms with Gasteiger partial charge in [0, 0.05) is 11.6 Å².